The maximum absolute atomic E-state index is 12.1. The minimum Gasteiger partial charge on any atom is -0.384 e. The zero-order valence-electron chi connectivity index (χ0n) is 10.7. The minimum absolute atomic E-state index is 0.151. The van der Waals surface area contributed by atoms with Gasteiger partial charge in [-0.2, -0.15) is 0 Å². The van der Waals surface area contributed by atoms with Gasteiger partial charge in [0.1, 0.15) is 6.61 Å². The lowest BCUT2D eigenvalue weighted by Crippen LogP contribution is -2.11. The van der Waals surface area contributed by atoms with Crippen LogP contribution in [-0.2, 0) is 0 Å². The Morgan fingerprint density at radius 2 is 2.25 bits per heavy atom. The largest absolute Gasteiger partial charge is 0.384 e. The highest BCUT2D eigenvalue weighted by Gasteiger charge is 2.09. The molecule has 0 aliphatic rings. The van der Waals surface area contributed by atoms with Crippen molar-refractivity contribution >= 4 is 38.9 Å². The summed E-state index contributed by atoms with van der Waals surface area (Å²) >= 11 is 4.80. The first-order chi connectivity index (χ1) is 9.60. The highest BCUT2D eigenvalue weighted by molar-refractivity contribution is 9.11. The van der Waals surface area contributed by atoms with Crippen LogP contribution in [0.4, 0.5) is 5.69 Å². The molecule has 1 aromatic carbocycles. The van der Waals surface area contributed by atoms with Crippen LogP contribution in [0, 0.1) is 18.8 Å². The van der Waals surface area contributed by atoms with Gasteiger partial charge in [-0.15, -0.1) is 11.3 Å². The van der Waals surface area contributed by atoms with Crippen molar-refractivity contribution in [1.29, 1.82) is 0 Å². The maximum atomic E-state index is 12.1. The van der Waals surface area contributed by atoms with Crippen molar-refractivity contribution in [1.82, 2.24) is 0 Å². The fraction of sp³-hybridized carbons (Fsp3) is 0.133. The van der Waals surface area contributed by atoms with E-state index in [1.54, 1.807) is 17.5 Å². The lowest BCUT2D eigenvalue weighted by atomic mass is 10.1. The van der Waals surface area contributed by atoms with Crippen LogP contribution in [0.3, 0.4) is 0 Å². The van der Waals surface area contributed by atoms with Crippen LogP contribution in [0.15, 0.2) is 33.4 Å². The highest BCUT2D eigenvalue weighted by Crippen LogP contribution is 2.23. The fourth-order valence-corrected chi connectivity index (χ4v) is 2.74. The molecular weight excluding hydrogens is 338 g/mol. The SMILES string of the molecule is Cc1ccc(C#CCO)cc1NC(=O)c1csc(Br)c1. The standard InChI is InChI=1S/C15H12BrNO2S/c1-10-4-5-11(3-2-6-18)7-13(10)17-15(19)12-8-14(16)20-9-12/h4-5,7-9,18H,6H2,1H3,(H,17,19). The first kappa shape index (κ1) is 14.8. The zero-order valence-corrected chi connectivity index (χ0v) is 13.1. The number of anilines is 1. The molecule has 2 aromatic rings. The molecule has 1 heterocycles. The summed E-state index contributed by atoms with van der Waals surface area (Å²) in [5.41, 5.74) is 3.06. The predicted molar refractivity (Wildman–Crippen MR) is 85.1 cm³/mol. The second kappa shape index (κ2) is 6.71. The van der Waals surface area contributed by atoms with Crippen LogP contribution >= 0.6 is 27.3 Å². The van der Waals surface area contributed by atoms with Gasteiger partial charge in [0.05, 0.1) is 9.35 Å². The van der Waals surface area contributed by atoms with Gasteiger partial charge < -0.3 is 10.4 Å². The van der Waals surface area contributed by atoms with Gasteiger partial charge in [-0.05, 0) is 46.6 Å². The molecule has 3 nitrogen and oxygen atoms in total. The van der Waals surface area contributed by atoms with Crippen molar-refractivity contribution in [3.05, 3.63) is 50.1 Å². The number of amides is 1. The van der Waals surface area contributed by atoms with Crippen molar-refractivity contribution < 1.29 is 9.90 Å². The summed E-state index contributed by atoms with van der Waals surface area (Å²) in [6, 6.07) is 7.33. The predicted octanol–water partition coefficient (Wildman–Crippen LogP) is 3.42. The summed E-state index contributed by atoms with van der Waals surface area (Å²) in [7, 11) is 0. The molecule has 2 rings (SSSR count). The third kappa shape index (κ3) is 3.70. The van der Waals surface area contributed by atoms with Crippen LogP contribution in [0.2, 0.25) is 0 Å². The first-order valence-electron chi connectivity index (χ1n) is 5.86. The number of aliphatic hydroxyl groups excluding tert-OH is 1. The number of hydrogen-bond donors (Lipinski definition) is 2. The van der Waals surface area contributed by atoms with E-state index in [0.717, 1.165) is 20.6 Å². The highest BCUT2D eigenvalue weighted by atomic mass is 79.9. The average Bonchev–Trinajstić information content (AvgIpc) is 2.86. The molecule has 0 aliphatic heterocycles. The Labute approximate surface area is 129 Å². The normalized spacial score (nSPS) is 9.75. The summed E-state index contributed by atoms with van der Waals surface area (Å²) in [4.78, 5) is 12.1. The Balaban J connectivity index is 2.22. The van der Waals surface area contributed by atoms with E-state index in [4.69, 9.17) is 5.11 Å². The summed E-state index contributed by atoms with van der Waals surface area (Å²) in [5, 5.41) is 13.4. The Kier molecular flexibility index (Phi) is 4.96. The lowest BCUT2D eigenvalue weighted by molar-refractivity contribution is 0.102. The number of thiophene rings is 1. The Morgan fingerprint density at radius 1 is 1.45 bits per heavy atom. The van der Waals surface area contributed by atoms with Crippen molar-refractivity contribution in [3.63, 3.8) is 0 Å². The lowest BCUT2D eigenvalue weighted by Gasteiger charge is -2.08. The van der Waals surface area contributed by atoms with Crippen LogP contribution in [-0.4, -0.2) is 17.6 Å². The molecule has 2 N–H and O–H groups in total. The molecule has 1 amide bonds. The fourth-order valence-electron chi connectivity index (χ4n) is 1.60. The van der Waals surface area contributed by atoms with Crippen molar-refractivity contribution in [2.45, 2.75) is 6.92 Å². The van der Waals surface area contributed by atoms with Gasteiger partial charge in [-0.3, -0.25) is 4.79 Å². The van der Waals surface area contributed by atoms with Crippen LogP contribution in [0.25, 0.3) is 0 Å². The molecule has 1 aromatic heterocycles. The van der Waals surface area contributed by atoms with E-state index >= 15 is 0 Å². The van der Waals surface area contributed by atoms with Crippen molar-refractivity contribution in [2.24, 2.45) is 0 Å². The van der Waals surface area contributed by atoms with E-state index in [-0.39, 0.29) is 12.5 Å². The topological polar surface area (TPSA) is 49.3 Å². The molecule has 0 fully saturated rings. The molecule has 0 aliphatic carbocycles. The number of nitrogens with one attached hydrogen (secondary N) is 1. The molecule has 0 bridgehead atoms. The van der Waals surface area contributed by atoms with Crippen LogP contribution in [0.1, 0.15) is 21.5 Å². The van der Waals surface area contributed by atoms with E-state index in [1.807, 2.05) is 19.1 Å². The van der Waals surface area contributed by atoms with Crippen LogP contribution in [0.5, 0.6) is 0 Å². The van der Waals surface area contributed by atoms with Gasteiger partial charge in [0, 0.05) is 16.6 Å². The second-order valence-corrected chi connectivity index (χ2v) is 6.37. The van der Waals surface area contributed by atoms with E-state index in [1.165, 1.54) is 11.3 Å². The minimum atomic E-state index is -0.182. The molecule has 5 heteroatoms. The molecule has 102 valence electrons. The monoisotopic (exact) mass is 349 g/mol. The molecule has 20 heavy (non-hydrogen) atoms. The van der Waals surface area contributed by atoms with Gasteiger partial charge in [-0.25, -0.2) is 0 Å². The number of benzene rings is 1. The molecule has 0 saturated carbocycles. The third-order valence-electron chi connectivity index (χ3n) is 2.63. The zero-order chi connectivity index (χ0) is 14.5. The number of aliphatic hydroxyl groups is 1. The first-order valence-corrected chi connectivity index (χ1v) is 7.53. The number of carbonyl (C=O) groups excluding carboxylic acids is 1. The van der Waals surface area contributed by atoms with E-state index < -0.39 is 0 Å². The maximum Gasteiger partial charge on any atom is 0.256 e. The summed E-state index contributed by atoms with van der Waals surface area (Å²) in [6.45, 7) is 1.74. The molecular formula is C15H12BrNO2S. The Hall–Kier alpha value is -1.61. The van der Waals surface area contributed by atoms with Gasteiger partial charge in [-0.1, -0.05) is 17.9 Å². The van der Waals surface area contributed by atoms with Gasteiger partial charge in [0.15, 0.2) is 0 Å². The molecule has 0 radical (unpaired) electrons. The third-order valence-corrected chi connectivity index (χ3v) is 4.13. The van der Waals surface area contributed by atoms with Crippen LogP contribution < -0.4 is 5.32 Å². The average molecular weight is 350 g/mol. The Bertz CT molecular complexity index is 697. The molecule has 0 saturated heterocycles. The number of hydrogen-bond acceptors (Lipinski definition) is 3. The second-order valence-electron chi connectivity index (χ2n) is 4.08. The Morgan fingerprint density at radius 3 is 2.90 bits per heavy atom. The van der Waals surface area contributed by atoms with E-state index in [9.17, 15) is 4.79 Å². The number of rotatable bonds is 2. The van der Waals surface area contributed by atoms with E-state index in [0.29, 0.717) is 5.56 Å². The number of aryl methyl sites for hydroxylation is 1. The smallest absolute Gasteiger partial charge is 0.256 e. The summed E-state index contributed by atoms with van der Waals surface area (Å²) in [6.07, 6.45) is 0. The van der Waals surface area contributed by atoms with Gasteiger partial charge in [0.25, 0.3) is 5.91 Å². The van der Waals surface area contributed by atoms with E-state index in [2.05, 4.69) is 33.1 Å². The van der Waals surface area contributed by atoms with Gasteiger partial charge in [0.2, 0.25) is 0 Å². The van der Waals surface area contributed by atoms with Crippen molar-refractivity contribution in [3.8, 4) is 11.8 Å². The number of halogens is 1. The molecule has 0 unspecified atom stereocenters. The summed E-state index contributed by atoms with van der Waals surface area (Å²) in [5.74, 6) is 5.26. The van der Waals surface area contributed by atoms with Gasteiger partial charge >= 0.3 is 0 Å². The molecule has 0 spiro atoms. The van der Waals surface area contributed by atoms with Crippen molar-refractivity contribution in [2.75, 3.05) is 11.9 Å². The quantitative estimate of drug-likeness (QED) is 0.816. The summed E-state index contributed by atoms with van der Waals surface area (Å²) < 4.78 is 0.918. The molecule has 0 atom stereocenters. The number of carbonyl (C=O) groups is 1.